The van der Waals surface area contributed by atoms with Gasteiger partial charge < -0.3 is 4.74 Å². The Morgan fingerprint density at radius 1 is 1.08 bits per heavy atom. The van der Waals surface area contributed by atoms with Crippen LogP contribution in [0.1, 0.15) is 16.7 Å². The van der Waals surface area contributed by atoms with E-state index in [0.717, 1.165) is 32.6 Å². The molecule has 132 valence electrons. The van der Waals surface area contributed by atoms with Crippen molar-refractivity contribution in [3.05, 3.63) is 92.9 Å². The highest BCUT2D eigenvalue weighted by Gasteiger charge is 2.02. The molecule has 0 aromatic heterocycles. The van der Waals surface area contributed by atoms with Crippen LogP contribution < -0.4 is 10.2 Å². The fourth-order valence-corrected chi connectivity index (χ4v) is 2.74. The molecule has 0 unspecified atom stereocenters. The molecule has 3 nitrogen and oxygen atoms in total. The summed E-state index contributed by atoms with van der Waals surface area (Å²) in [5, 5.41) is 5.00. The van der Waals surface area contributed by atoms with E-state index in [9.17, 15) is 0 Å². The van der Waals surface area contributed by atoms with Gasteiger partial charge in [0, 0.05) is 15.1 Å². The summed E-state index contributed by atoms with van der Waals surface area (Å²) < 4.78 is 7.00. The molecule has 0 amide bonds. The molecular formula is C21H18BrClN2O. The van der Waals surface area contributed by atoms with Crippen LogP contribution in [0.3, 0.4) is 0 Å². The van der Waals surface area contributed by atoms with Gasteiger partial charge in [-0.1, -0.05) is 57.9 Å². The second-order valence-corrected chi connectivity index (χ2v) is 7.11. The Kier molecular flexibility index (Phi) is 6.31. The third-order valence-electron chi connectivity index (χ3n) is 3.80. The standard InChI is InChI=1S/C21H18BrClN2O/c1-15-6-11-19(12-20(15)23)25-24-13-17-4-2-3-5-21(17)26-14-16-7-9-18(22)10-8-16/h2-13,25H,14H2,1H3. The number of halogens is 2. The van der Waals surface area contributed by atoms with Crippen LogP contribution in [0.25, 0.3) is 0 Å². The molecule has 0 saturated carbocycles. The Labute approximate surface area is 166 Å². The van der Waals surface area contributed by atoms with Gasteiger partial charge in [0.25, 0.3) is 0 Å². The number of hydrogen-bond donors (Lipinski definition) is 1. The third-order valence-corrected chi connectivity index (χ3v) is 4.73. The predicted molar refractivity (Wildman–Crippen MR) is 112 cm³/mol. The van der Waals surface area contributed by atoms with Crippen molar-refractivity contribution in [3.8, 4) is 5.75 Å². The van der Waals surface area contributed by atoms with Crippen molar-refractivity contribution < 1.29 is 4.74 Å². The van der Waals surface area contributed by atoms with E-state index in [1.54, 1.807) is 6.21 Å². The van der Waals surface area contributed by atoms with Crippen LogP contribution in [-0.2, 0) is 6.61 Å². The molecule has 5 heteroatoms. The number of nitrogens with zero attached hydrogens (tertiary/aromatic N) is 1. The lowest BCUT2D eigenvalue weighted by Gasteiger charge is -2.09. The normalized spacial score (nSPS) is 10.9. The molecule has 0 saturated heterocycles. The Morgan fingerprint density at radius 2 is 1.85 bits per heavy atom. The van der Waals surface area contributed by atoms with Crippen LogP contribution in [0.15, 0.2) is 76.3 Å². The SMILES string of the molecule is Cc1ccc(NN=Cc2ccccc2OCc2ccc(Br)cc2)cc1Cl. The molecule has 0 aliphatic heterocycles. The number of anilines is 1. The highest BCUT2D eigenvalue weighted by atomic mass is 79.9. The Morgan fingerprint density at radius 3 is 2.62 bits per heavy atom. The number of ether oxygens (including phenoxy) is 1. The van der Waals surface area contributed by atoms with Crippen LogP contribution in [0.4, 0.5) is 5.69 Å². The second-order valence-electron chi connectivity index (χ2n) is 5.79. The van der Waals surface area contributed by atoms with Crippen LogP contribution in [-0.4, -0.2) is 6.21 Å². The molecule has 0 heterocycles. The lowest BCUT2D eigenvalue weighted by molar-refractivity contribution is 0.306. The first-order valence-electron chi connectivity index (χ1n) is 8.13. The molecule has 0 aliphatic rings. The number of hydrogen-bond acceptors (Lipinski definition) is 3. The van der Waals surface area contributed by atoms with E-state index in [1.165, 1.54) is 0 Å². The van der Waals surface area contributed by atoms with Crippen molar-refractivity contribution in [1.82, 2.24) is 0 Å². The summed E-state index contributed by atoms with van der Waals surface area (Å²) in [7, 11) is 0. The van der Waals surface area contributed by atoms with Gasteiger partial charge in [-0.2, -0.15) is 5.10 Å². The molecule has 0 bridgehead atoms. The third kappa shape index (κ3) is 5.10. The summed E-state index contributed by atoms with van der Waals surface area (Å²) in [4.78, 5) is 0. The highest BCUT2D eigenvalue weighted by molar-refractivity contribution is 9.10. The van der Waals surface area contributed by atoms with Crippen LogP contribution in [0.5, 0.6) is 5.75 Å². The molecule has 0 spiro atoms. The summed E-state index contributed by atoms with van der Waals surface area (Å²) >= 11 is 9.57. The minimum absolute atomic E-state index is 0.499. The monoisotopic (exact) mass is 428 g/mol. The second kappa shape index (κ2) is 8.88. The first-order chi connectivity index (χ1) is 12.6. The fourth-order valence-electron chi connectivity index (χ4n) is 2.30. The van der Waals surface area contributed by atoms with Gasteiger partial charge in [0.05, 0.1) is 11.9 Å². The maximum atomic E-state index is 6.13. The van der Waals surface area contributed by atoms with Crippen molar-refractivity contribution in [2.75, 3.05) is 5.43 Å². The average Bonchev–Trinajstić information content (AvgIpc) is 2.65. The zero-order valence-electron chi connectivity index (χ0n) is 14.2. The van der Waals surface area contributed by atoms with E-state index in [0.29, 0.717) is 11.6 Å². The van der Waals surface area contributed by atoms with E-state index >= 15 is 0 Å². The minimum Gasteiger partial charge on any atom is -0.488 e. The van der Waals surface area contributed by atoms with E-state index in [1.807, 2.05) is 73.7 Å². The quantitative estimate of drug-likeness (QED) is 0.361. The maximum Gasteiger partial charge on any atom is 0.128 e. The number of benzene rings is 3. The summed E-state index contributed by atoms with van der Waals surface area (Å²) in [6, 6.07) is 21.6. The van der Waals surface area contributed by atoms with Gasteiger partial charge in [-0.05, 0) is 54.4 Å². The van der Waals surface area contributed by atoms with Crippen molar-refractivity contribution in [2.24, 2.45) is 5.10 Å². The Bertz CT molecular complexity index is 910. The molecule has 0 aliphatic carbocycles. The summed E-state index contributed by atoms with van der Waals surface area (Å²) in [5.74, 6) is 0.780. The summed E-state index contributed by atoms with van der Waals surface area (Å²) in [6.45, 7) is 2.47. The number of para-hydroxylation sites is 1. The van der Waals surface area contributed by atoms with Gasteiger partial charge in [0.2, 0.25) is 0 Å². The smallest absolute Gasteiger partial charge is 0.128 e. The molecule has 3 aromatic carbocycles. The Hall–Kier alpha value is -2.30. The first-order valence-corrected chi connectivity index (χ1v) is 9.30. The lowest BCUT2D eigenvalue weighted by Crippen LogP contribution is -1.99. The minimum atomic E-state index is 0.499. The maximum absolute atomic E-state index is 6.13. The van der Waals surface area contributed by atoms with Gasteiger partial charge in [-0.15, -0.1) is 0 Å². The summed E-state index contributed by atoms with van der Waals surface area (Å²) in [5.41, 5.74) is 6.87. The molecule has 1 N–H and O–H groups in total. The zero-order valence-corrected chi connectivity index (χ0v) is 16.6. The Balaban J connectivity index is 1.66. The largest absolute Gasteiger partial charge is 0.488 e. The molecule has 0 atom stereocenters. The van der Waals surface area contributed by atoms with Crippen molar-refractivity contribution in [1.29, 1.82) is 0 Å². The average molecular weight is 430 g/mol. The molecule has 0 radical (unpaired) electrons. The molecule has 0 fully saturated rings. The van der Waals surface area contributed by atoms with Crippen LogP contribution >= 0.6 is 27.5 Å². The van der Waals surface area contributed by atoms with Gasteiger partial charge in [-0.3, -0.25) is 5.43 Å². The molecule has 3 rings (SSSR count). The van der Waals surface area contributed by atoms with Crippen molar-refractivity contribution >= 4 is 39.4 Å². The number of hydrazone groups is 1. The zero-order chi connectivity index (χ0) is 18.4. The van der Waals surface area contributed by atoms with Crippen LogP contribution in [0.2, 0.25) is 5.02 Å². The van der Waals surface area contributed by atoms with Gasteiger partial charge >= 0.3 is 0 Å². The van der Waals surface area contributed by atoms with E-state index < -0.39 is 0 Å². The highest BCUT2D eigenvalue weighted by Crippen LogP contribution is 2.21. The summed E-state index contributed by atoms with van der Waals surface area (Å²) in [6.07, 6.45) is 1.74. The van der Waals surface area contributed by atoms with Gasteiger partial charge in [0.15, 0.2) is 0 Å². The van der Waals surface area contributed by atoms with Crippen LogP contribution in [0, 0.1) is 6.92 Å². The van der Waals surface area contributed by atoms with Crippen molar-refractivity contribution in [3.63, 3.8) is 0 Å². The first kappa shape index (κ1) is 18.5. The number of aryl methyl sites for hydroxylation is 1. The molecule has 26 heavy (non-hydrogen) atoms. The molecule has 3 aromatic rings. The van der Waals surface area contributed by atoms with Gasteiger partial charge in [-0.25, -0.2) is 0 Å². The van der Waals surface area contributed by atoms with Gasteiger partial charge in [0.1, 0.15) is 12.4 Å². The topological polar surface area (TPSA) is 33.6 Å². The van der Waals surface area contributed by atoms with E-state index in [2.05, 4.69) is 26.5 Å². The number of rotatable bonds is 6. The molecular weight excluding hydrogens is 412 g/mol. The fraction of sp³-hybridized carbons (Fsp3) is 0.0952. The number of nitrogens with one attached hydrogen (secondary N) is 1. The van der Waals surface area contributed by atoms with Crippen molar-refractivity contribution in [2.45, 2.75) is 13.5 Å². The lowest BCUT2D eigenvalue weighted by atomic mass is 10.2. The van der Waals surface area contributed by atoms with E-state index in [-0.39, 0.29) is 0 Å². The predicted octanol–water partition coefficient (Wildman–Crippen LogP) is 6.44. The van der Waals surface area contributed by atoms with E-state index in [4.69, 9.17) is 16.3 Å².